The zero-order valence-corrected chi connectivity index (χ0v) is 13.2. The Morgan fingerprint density at radius 3 is 2.26 bits per heavy atom. The third kappa shape index (κ3) is 4.93. The third-order valence-corrected chi connectivity index (χ3v) is 3.89. The predicted octanol–water partition coefficient (Wildman–Crippen LogP) is 1.82. The lowest BCUT2D eigenvalue weighted by molar-refractivity contribution is -0.135. The van der Waals surface area contributed by atoms with E-state index < -0.39 is 17.7 Å². The normalized spacial score (nSPS) is 17.8. The zero-order valence-electron chi connectivity index (χ0n) is 12.4. The number of amides is 2. The molecule has 5 nitrogen and oxygen atoms in total. The summed E-state index contributed by atoms with van der Waals surface area (Å²) < 4.78 is 5.27. The van der Waals surface area contributed by atoms with Gasteiger partial charge in [0.15, 0.2) is 0 Å². The summed E-state index contributed by atoms with van der Waals surface area (Å²) in [5, 5.41) is 0. The number of carbonyl (C=O) groups is 2. The largest absolute Gasteiger partial charge is 0.444 e. The number of ether oxygens (including phenoxy) is 1. The lowest BCUT2D eigenvalue weighted by Gasteiger charge is -2.33. The molecule has 0 saturated carbocycles. The second kappa shape index (κ2) is 6.50. The van der Waals surface area contributed by atoms with Crippen LogP contribution in [0.4, 0.5) is 4.79 Å². The molecule has 1 fully saturated rings. The summed E-state index contributed by atoms with van der Waals surface area (Å²) in [6.07, 6.45) is -0.459. The standard InChI is InChI=1S/C13H24N2O3S/c1-10(11(16)15-6-8-19-9-7-15)14(5)12(17)18-13(2,3)4/h10H,6-9H2,1-5H3. The molecule has 1 heterocycles. The van der Waals surface area contributed by atoms with Crippen LogP contribution in [0, 0.1) is 0 Å². The van der Waals surface area contributed by atoms with Gasteiger partial charge >= 0.3 is 6.09 Å². The summed E-state index contributed by atoms with van der Waals surface area (Å²) >= 11 is 1.85. The smallest absolute Gasteiger partial charge is 0.410 e. The fourth-order valence-corrected chi connectivity index (χ4v) is 2.61. The Morgan fingerprint density at radius 1 is 1.26 bits per heavy atom. The number of hydrogen-bond acceptors (Lipinski definition) is 4. The van der Waals surface area contributed by atoms with Crippen molar-refractivity contribution in [3.8, 4) is 0 Å². The van der Waals surface area contributed by atoms with E-state index in [1.165, 1.54) is 4.90 Å². The number of rotatable bonds is 2. The lowest BCUT2D eigenvalue weighted by atomic mass is 10.2. The molecule has 0 aromatic heterocycles. The SMILES string of the molecule is CC(C(=O)N1CCSCC1)N(C)C(=O)OC(C)(C)C. The molecule has 6 heteroatoms. The van der Waals surface area contributed by atoms with Gasteiger partial charge in [-0.15, -0.1) is 0 Å². The highest BCUT2D eigenvalue weighted by atomic mass is 32.2. The highest BCUT2D eigenvalue weighted by molar-refractivity contribution is 7.99. The average molecular weight is 288 g/mol. The number of nitrogens with zero attached hydrogens (tertiary/aromatic N) is 2. The van der Waals surface area contributed by atoms with Crippen molar-refractivity contribution < 1.29 is 14.3 Å². The van der Waals surface area contributed by atoms with E-state index in [1.807, 2.05) is 37.4 Å². The predicted molar refractivity (Wildman–Crippen MR) is 77.4 cm³/mol. The van der Waals surface area contributed by atoms with Gasteiger partial charge in [0.2, 0.25) is 5.91 Å². The van der Waals surface area contributed by atoms with E-state index in [9.17, 15) is 9.59 Å². The van der Waals surface area contributed by atoms with Crippen molar-refractivity contribution in [3.05, 3.63) is 0 Å². The van der Waals surface area contributed by atoms with E-state index in [0.717, 1.165) is 24.6 Å². The van der Waals surface area contributed by atoms with Crippen LogP contribution in [-0.4, -0.2) is 65.1 Å². The van der Waals surface area contributed by atoms with Gasteiger partial charge in [-0.1, -0.05) is 0 Å². The summed E-state index contributed by atoms with van der Waals surface area (Å²) in [5.74, 6) is 1.93. The molecule has 0 aromatic carbocycles. The van der Waals surface area contributed by atoms with E-state index in [2.05, 4.69) is 0 Å². The van der Waals surface area contributed by atoms with Crippen LogP contribution in [0.2, 0.25) is 0 Å². The molecule has 1 saturated heterocycles. The van der Waals surface area contributed by atoms with Crippen LogP contribution >= 0.6 is 11.8 Å². The molecular formula is C13H24N2O3S. The van der Waals surface area contributed by atoms with Crippen LogP contribution in [0.1, 0.15) is 27.7 Å². The third-order valence-electron chi connectivity index (χ3n) is 2.94. The minimum Gasteiger partial charge on any atom is -0.444 e. The Morgan fingerprint density at radius 2 is 1.79 bits per heavy atom. The van der Waals surface area contributed by atoms with Crippen molar-refractivity contribution in [1.82, 2.24) is 9.80 Å². The van der Waals surface area contributed by atoms with Crippen LogP contribution in [0.5, 0.6) is 0 Å². The Kier molecular flexibility index (Phi) is 5.52. The minimum absolute atomic E-state index is 0.00587. The molecule has 19 heavy (non-hydrogen) atoms. The molecule has 0 radical (unpaired) electrons. The Balaban J connectivity index is 2.57. The molecule has 1 unspecified atom stereocenters. The van der Waals surface area contributed by atoms with Gasteiger partial charge in [-0.2, -0.15) is 11.8 Å². The summed E-state index contributed by atoms with van der Waals surface area (Å²) in [6.45, 7) is 8.70. The van der Waals surface area contributed by atoms with Gasteiger partial charge in [-0.05, 0) is 27.7 Å². The monoisotopic (exact) mass is 288 g/mol. The molecule has 1 atom stereocenters. The quantitative estimate of drug-likeness (QED) is 0.777. The number of thioether (sulfide) groups is 1. The van der Waals surface area contributed by atoms with Crippen molar-refractivity contribution in [2.24, 2.45) is 0 Å². The van der Waals surface area contributed by atoms with Gasteiger partial charge < -0.3 is 9.64 Å². The van der Waals surface area contributed by atoms with Gasteiger partial charge in [0.25, 0.3) is 0 Å². The second-order valence-electron chi connectivity index (χ2n) is 5.70. The van der Waals surface area contributed by atoms with Gasteiger partial charge in [0.1, 0.15) is 11.6 Å². The maximum Gasteiger partial charge on any atom is 0.410 e. The fraction of sp³-hybridized carbons (Fsp3) is 0.846. The van der Waals surface area contributed by atoms with Crippen molar-refractivity contribution >= 4 is 23.8 Å². The first-order valence-electron chi connectivity index (χ1n) is 6.54. The second-order valence-corrected chi connectivity index (χ2v) is 6.93. The number of likely N-dealkylation sites (N-methyl/N-ethyl adjacent to an activating group) is 1. The molecule has 0 spiro atoms. The zero-order chi connectivity index (χ0) is 14.6. The van der Waals surface area contributed by atoms with Gasteiger partial charge in [-0.3, -0.25) is 9.69 Å². The van der Waals surface area contributed by atoms with Gasteiger partial charge in [-0.25, -0.2) is 4.79 Å². The molecule has 2 amide bonds. The topological polar surface area (TPSA) is 49.9 Å². The molecular weight excluding hydrogens is 264 g/mol. The van der Waals surface area contributed by atoms with Crippen LogP contribution in [0.25, 0.3) is 0 Å². The molecule has 1 aliphatic rings. The van der Waals surface area contributed by atoms with E-state index in [0.29, 0.717) is 0 Å². The number of carbonyl (C=O) groups excluding carboxylic acids is 2. The van der Waals surface area contributed by atoms with Gasteiger partial charge in [0.05, 0.1) is 0 Å². The van der Waals surface area contributed by atoms with Crippen molar-refractivity contribution in [2.45, 2.75) is 39.3 Å². The van der Waals surface area contributed by atoms with Crippen molar-refractivity contribution in [3.63, 3.8) is 0 Å². The molecule has 1 aliphatic heterocycles. The van der Waals surface area contributed by atoms with E-state index in [-0.39, 0.29) is 5.91 Å². The summed E-state index contributed by atoms with van der Waals surface area (Å²) in [7, 11) is 1.61. The summed E-state index contributed by atoms with van der Waals surface area (Å²) in [6, 6.07) is -0.488. The van der Waals surface area contributed by atoms with E-state index in [1.54, 1.807) is 14.0 Å². The van der Waals surface area contributed by atoms with Crippen molar-refractivity contribution in [1.29, 1.82) is 0 Å². The Hall–Kier alpha value is -0.910. The van der Waals surface area contributed by atoms with Crippen LogP contribution in [0.15, 0.2) is 0 Å². The average Bonchev–Trinajstić information content (AvgIpc) is 2.35. The Bertz CT molecular complexity index is 335. The number of hydrogen-bond donors (Lipinski definition) is 0. The van der Waals surface area contributed by atoms with E-state index >= 15 is 0 Å². The molecule has 1 rings (SSSR count). The lowest BCUT2D eigenvalue weighted by Crippen LogP contribution is -2.50. The van der Waals surface area contributed by atoms with Crippen LogP contribution < -0.4 is 0 Å². The first-order chi connectivity index (χ1) is 8.72. The highest BCUT2D eigenvalue weighted by Crippen LogP contribution is 2.14. The first kappa shape index (κ1) is 16.1. The minimum atomic E-state index is -0.546. The van der Waals surface area contributed by atoms with Crippen LogP contribution in [-0.2, 0) is 9.53 Å². The van der Waals surface area contributed by atoms with Crippen LogP contribution in [0.3, 0.4) is 0 Å². The summed E-state index contributed by atoms with van der Waals surface area (Å²) in [5.41, 5.74) is -0.546. The van der Waals surface area contributed by atoms with Crippen molar-refractivity contribution in [2.75, 3.05) is 31.6 Å². The molecule has 0 N–H and O–H groups in total. The first-order valence-corrected chi connectivity index (χ1v) is 7.70. The van der Waals surface area contributed by atoms with E-state index in [4.69, 9.17) is 4.74 Å². The fourth-order valence-electron chi connectivity index (χ4n) is 1.71. The maximum absolute atomic E-state index is 12.3. The molecule has 0 aliphatic carbocycles. The molecule has 110 valence electrons. The Labute approximate surface area is 119 Å². The molecule has 0 aromatic rings. The maximum atomic E-state index is 12.3. The summed E-state index contributed by atoms with van der Waals surface area (Å²) in [4.78, 5) is 27.4. The van der Waals surface area contributed by atoms with Gasteiger partial charge in [0, 0.05) is 31.6 Å². The highest BCUT2D eigenvalue weighted by Gasteiger charge is 2.30. The molecule has 0 bridgehead atoms.